The number of fused-ring (bicyclic) bond motifs is 1. The Morgan fingerprint density at radius 2 is 1.81 bits per heavy atom. The van der Waals surface area contributed by atoms with Gasteiger partial charge >= 0.3 is 0 Å². The van der Waals surface area contributed by atoms with Crippen LogP contribution in [0.4, 0.5) is 5.82 Å². The van der Waals surface area contributed by atoms with Gasteiger partial charge in [0.1, 0.15) is 5.82 Å². The Bertz CT molecular complexity index is 1080. The van der Waals surface area contributed by atoms with Gasteiger partial charge in [0, 0.05) is 36.3 Å². The number of pyridine rings is 1. The highest BCUT2D eigenvalue weighted by molar-refractivity contribution is 6.42. The standard InChI is InChI=1S/C18H14Cl2N6/c1-11-8-16(22-10-12-2-3-14(19)15(20)9-12)26-18(23-11)24-17(25-26)13-4-6-21-7-5-13/h2-9,22H,10H2,1H3. The van der Waals surface area contributed by atoms with Crippen molar-refractivity contribution in [3.05, 3.63) is 70.1 Å². The lowest BCUT2D eigenvalue weighted by Crippen LogP contribution is -2.07. The molecule has 1 N–H and O–H groups in total. The van der Waals surface area contributed by atoms with Crippen LogP contribution in [0.15, 0.2) is 48.8 Å². The molecule has 0 aliphatic rings. The van der Waals surface area contributed by atoms with Crippen LogP contribution in [0.2, 0.25) is 10.0 Å². The Labute approximate surface area is 159 Å². The van der Waals surface area contributed by atoms with Crippen LogP contribution in [0.1, 0.15) is 11.3 Å². The Morgan fingerprint density at radius 3 is 2.58 bits per heavy atom. The van der Waals surface area contributed by atoms with Gasteiger partial charge in [-0.2, -0.15) is 9.50 Å². The van der Waals surface area contributed by atoms with Crippen molar-refractivity contribution in [1.82, 2.24) is 24.6 Å². The van der Waals surface area contributed by atoms with Crippen LogP contribution < -0.4 is 5.32 Å². The summed E-state index contributed by atoms with van der Waals surface area (Å²) in [4.78, 5) is 13.0. The molecule has 0 saturated heterocycles. The number of benzene rings is 1. The van der Waals surface area contributed by atoms with E-state index in [0.29, 0.717) is 28.2 Å². The lowest BCUT2D eigenvalue weighted by Gasteiger charge is -2.09. The molecule has 0 radical (unpaired) electrons. The zero-order valence-electron chi connectivity index (χ0n) is 13.8. The van der Waals surface area contributed by atoms with Gasteiger partial charge in [-0.25, -0.2) is 4.98 Å². The number of aryl methyl sites for hydroxylation is 1. The second-order valence-corrected chi connectivity index (χ2v) is 6.58. The summed E-state index contributed by atoms with van der Waals surface area (Å²) in [5.74, 6) is 1.93. The maximum Gasteiger partial charge on any atom is 0.254 e. The second kappa shape index (κ2) is 6.90. The second-order valence-electron chi connectivity index (χ2n) is 5.77. The van der Waals surface area contributed by atoms with Gasteiger partial charge in [0.15, 0.2) is 5.82 Å². The van der Waals surface area contributed by atoms with Crippen LogP contribution in [-0.4, -0.2) is 24.6 Å². The minimum Gasteiger partial charge on any atom is -0.366 e. The van der Waals surface area contributed by atoms with Crippen LogP contribution in [0.25, 0.3) is 17.2 Å². The normalized spacial score (nSPS) is 11.0. The third-order valence-corrected chi connectivity index (χ3v) is 4.58. The summed E-state index contributed by atoms with van der Waals surface area (Å²) in [6.07, 6.45) is 3.42. The molecule has 4 rings (SSSR count). The van der Waals surface area contributed by atoms with Crippen molar-refractivity contribution in [2.75, 3.05) is 5.32 Å². The number of aromatic nitrogens is 5. The lowest BCUT2D eigenvalue weighted by atomic mass is 10.2. The highest BCUT2D eigenvalue weighted by Gasteiger charge is 2.11. The van der Waals surface area contributed by atoms with Crippen LogP contribution in [-0.2, 0) is 6.54 Å². The van der Waals surface area contributed by atoms with Gasteiger partial charge in [-0.15, -0.1) is 5.10 Å². The first kappa shape index (κ1) is 16.8. The highest BCUT2D eigenvalue weighted by Crippen LogP contribution is 2.23. The fraction of sp³-hybridized carbons (Fsp3) is 0.111. The maximum absolute atomic E-state index is 6.08. The topological polar surface area (TPSA) is 68.0 Å². The van der Waals surface area contributed by atoms with Crippen LogP contribution >= 0.6 is 23.2 Å². The molecule has 0 unspecified atom stereocenters. The van der Waals surface area contributed by atoms with Crippen molar-refractivity contribution in [2.45, 2.75) is 13.5 Å². The Kier molecular flexibility index (Phi) is 4.44. The summed E-state index contributed by atoms with van der Waals surface area (Å²) < 4.78 is 1.69. The molecule has 0 bridgehead atoms. The minimum absolute atomic E-state index is 0.530. The average Bonchev–Trinajstić information content (AvgIpc) is 3.07. The number of nitrogens with zero attached hydrogens (tertiary/aromatic N) is 5. The number of rotatable bonds is 4. The maximum atomic E-state index is 6.08. The van der Waals surface area contributed by atoms with E-state index in [0.717, 1.165) is 22.6 Å². The first-order valence-electron chi connectivity index (χ1n) is 7.93. The summed E-state index contributed by atoms with van der Waals surface area (Å²) in [6, 6.07) is 11.2. The Hall–Kier alpha value is -2.70. The Morgan fingerprint density at radius 1 is 1.00 bits per heavy atom. The van der Waals surface area contributed by atoms with E-state index in [1.807, 2.05) is 37.3 Å². The van der Waals surface area contributed by atoms with Crippen LogP contribution in [0.3, 0.4) is 0 Å². The molecule has 0 amide bonds. The van der Waals surface area contributed by atoms with E-state index in [4.69, 9.17) is 23.2 Å². The third-order valence-electron chi connectivity index (χ3n) is 3.84. The van der Waals surface area contributed by atoms with Gasteiger partial charge in [-0.05, 0) is 36.8 Å². The lowest BCUT2D eigenvalue weighted by molar-refractivity contribution is 0.919. The number of nitrogens with one attached hydrogen (secondary N) is 1. The summed E-state index contributed by atoms with van der Waals surface area (Å²) in [6.45, 7) is 2.49. The van der Waals surface area contributed by atoms with Gasteiger partial charge in [0.25, 0.3) is 5.78 Å². The van der Waals surface area contributed by atoms with Gasteiger partial charge in [0.05, 0.1) is 10.0 Å². The molecule has 0 fully saturated rings. The quantitative estimate of drug-likeness (QED) is 0.564. The predicted octanol–water partition coefficient (Wildman–Crippen LogP) is 4.41. The van der Waals surface area contributed by atoms with Crippen molar-refractivity contribution in [2.24, 2.45) is 0 Å². The number of hydrogen-bond acceptors (Lipinski definition) is 5. The summed E-state index contributed by atoms with van der Waals surface area (Å²) in [7, 11) is 0. The van der Waals surface area contributed by atoms with E-state index in [-0.39, 0.29) is 0 Å². The summed E-state index contributed by atoms with van der Waals surface area (Å²) >= 11 is 12.1. The molecular weight excluding hydrogens is 371 g/mol. The van der Waals surface area contributed by atoms with Gasteiger partial charge in [-0.3, -0.25) is 4.98 Å². The van der Waals surface area contributed by atoms with E-state index in [1.54, 1.807) is 23.0 Å². The third kappa shape index (κ3) is 3.34. The average molecular weight is 385 g/mol. The van der Waals surface area contributed by atoms with Crippen molar-refractivity contribution in [1.29, 1.82) is 0 Å². The monoisotopic (exact) mass is 384 g/mol. The number of hydrogen-bond donors (Lipinski definition) is 1. The molecule has 0 aliphatic heterocycles. The van der Waals surface area contributed by atoms with Crippen molar-refractivity contribution in [3.8, 4) is 11.4 Å². The van der Waals surface area contributed by atoms with E-state index >= 15 is 0 Å². The molecule has 3 heterocycles. The first-order chi connectivity index (χ1) is 12.6. The molecule has 0 aliphatic carbocycles. The highest BCUT2D eigenvalue weighted by atomic mass is 35.5. The molecule has 6 nitrogen and oxygen atoms in total. The largest absolute Gasteiger partial charge is 0.366 e. The van der Waals surface area contributed by atoms with Gasteiger partial charge < -0.3 is 5.32 Å². The molecule has 26 heavy (non-hydrogen) atoms. The smallest absolute Gasteiger partial charge is 0.254 e. The van der Waals surface area contributed by atoms with Gasteiger partial charge in [0.2, 0.25) is 0 Å². The number of anilines is 1. The molecule has 8 heteroatoms. The molecule has 0 saturated carbocycles. The SMILES string of the molecule is Cc1cc(NCc2ccc(Cl)c(Cl)c2)n2nc(-c3ccncc3)nc2n1. The minimum atomic E-state index is 0.530. The van der Waals surface area contributed by atoms with Crippen molar-refractivity contribution >= 4 is 34.8 Å². The van der Waals surface area contributed by atoms with Crippen molar-refractivity contribution < 1.29 is 0 Å². The molecule has 3 aromatic heterocycles. The molecular formula is C18H14Cl2N6. The fourth-order valence-corrected chi connectivity index (χ4v) is 2.90. The van der Waals surface area contributed by atoms with E-state index < -0.39 is 0 Å². The Balaban J connectivity index is 1.67. The van der Waals surface area contributed by atoms with E-state index in [9.17, 15) is 0 Å². The van der Waals surface area contributed by atoms with Gasteiger partial charge in [-0.1, -0.05) is 29.3 Å². The molecule has 1 aromatic carbocycles. The predicted molar refractivity (Wildman–Crippen MR) is 103 cm³/mol. The summed E-state index contributed by atoms with van der Waals surface area (Å²) in [5.41, 5.74) is 2.75. The number of halogens is 2. The molecule has 0 spiro atoms. The van der Waals surface area contributed by atoms with Crippen LogP contribution in [0, 0.1) is 6.92 Å². The molecule has 130 valence electrons. The molecule has 4 aromatic rings. The van der Waals surface area contributed by atoms with E-state index in [1.165, 1.54) is 0 Å². The van der Waals surface area contributed by atoms with Crippen LogP contribution in [0.5, 0.6) is 0 Å². The van der Waals surface area contributed by atoms with Crippen molar-refractivity contribution in [3.63, 3.8) is 0 Å². The fourth-order valence-electron chi connectivity index (χ4n) is 2.58. The zero-order valence-corrected chi connectivity index (χ0v) is 15.3. The summed E-state index contributed by atoms with van der Waals surface area (Å²) in [5, 5.41) is 9.00. The zero-order chi connectivity index (χ0) is 18.1. The molecule has 0 atom stereocenters. The van der Waals surface area contributed by atoms with E-state index in [2.05, 4.69) is 25.4 Å². The first-order valence-corrected chi connectivity index (χ1v) is 8.68.